The Morgan fingerprint density at radius 1 is 1.45 bits per heavy atom. The van der Waals surface area contributed by atoms with Gasteiger partial charge in [-0.1, -0.05) is 0 Å². The number of hydrogen-bond donors (Lipinski definition) is 1. The molecule has 0 aromatic heterocycles. The van der Waals surface area contributed by atoms with Gasteiger partial charge in [-0.3, -0.25) is 4.39 Å². The quantitative estimate of drug-likeness (QED) is 0.709. The maximum absolute atomic E-state index is 12.0. The summed E-state index contributed by atoms with van der Waals surface area (Å²) in [6, 6.07) is 0. The van der Waals surface area contributed by atoms with E-state index in [-0.39, 0.29) is 6.67 Å². The summed E-state index contributed by atoms with van der Waals surface area (Å²) >= 11 is 1.94. The van der Waals surface area contributed by atoms with Gasteiger partial charge in [0.05, 0.1) is 6.67 Å². The summed E-state index contributed by atoms with van der Waals surface area (Å²) in [7, 11) is 0. The van der Waals surface area contributed by atoms with E-state index in [9.17, 15) is 4.39 Å². The minimum absolute atomic E-state index is 0.179. The Kier molecular flexibility index (Phi) is 4.23. The fourth-order valence-corrected chi connectivity index (χ4v) is 2.99. The van der Waals surface area contributed by atoms with Crippen molar-refractivity contribution in [1.29, 1.82) is 0 Å². The normalized spacial score (nSPS) is 32.2. The van der Waals surface area contributed by atoms with Crippen molar-refractivity contribution in [3.05, 3.63) is 0 Å². The molecule has 0 spiro atoms. The van der Waals surface area contributed by atoms with Crippen molar-refractivity contribution in [3.8, 4) is 0 Å². The van der Waals surface area contributed by atoms with Crippen LogP contribution in [-0.4, -0.2) is 24.7 Å². The van der Waals surface area contributed by atoms with E-state index in [4.69, 9.17) is 5.73 Å². The zero-order chi connectivity index (χ0) is 8.10. The zero-order valence-corrected chi connectivity index (χ0v) is 7.58. The van der Waals surface area contributed by atoms with E-state index in [1.807, 2.05) is 11.8 Å². The largest absolute Gasteiger partial charge is 0.330 e. The lowest BCUT2D eigenvalue weighted by molar-refractivity contribution is 0.301. The van der Waals surface area contributed by atoms with E-state index >= 15 is 0 Å². The van der Waals surface area contributed by atoms with Crippen LogP contribution in [0.4, 0.5) is 4.39 Å². The van der Waals surface area contributed by atoms with Crippen LogP contribution in [0.5, 0.6) is 0 Å². The summed E-state index contributed by atoms with van der Waals surface area (Å²) in [5, 5.41) is 0. The second kappa shape index (κ2) is 4.99. The van der Waals surface area contributed by atoms with Crippen LogP contribution in [0.1, 0.15) is 12.8 Å². The number of rotatable bonds is 3. The van der Waals surface area contributed by atoms with Crippen molar-refractivity contribution in [3.63, 3.8) is 0 Å². The van der Waals surface area contributed by atoms with Crippen LogP contribution in [0.25, 0.3) is 0 Å². The predicted molar refractivity (Wildman–Crippen MR) is 48.6 cm³/mol. The molecule has 3 heteroatoms. The van der Waals surface area contributed by atoms with Crippen LogP contribution < -0.4 is 5.73 Å². The van der Waals surface area contributed by atoms with Crippen LogP contribution in [0.3, 0.4) is 0 Å². The van der Waals surface area contributed by atoms with Gasteiger partial charge >= 0.3 is 0 Å². The third kappa shape index (κ3) is 2.64. The van der Waals surface area contributed by atoms with Crippen molar-refractivity contribution in [1.82, 2.24) is 0 Å². The summed E-state index contributed by atoms with van der Waals surface area (Å²) in [5.41, 5.74) is 5.59. The van der Waals surface area contributed by atoms with Crippen LogP contribution in [0.15, 0.2) is 0 Å². The first-order valence-electron chi connectivity index (χ1n) is 4.22. The number of alkyl halides is 1. The van der Waals surface area contributed by atoms with Gasteiger partial charge in [0, 0.05) is 0 Å². The highest BCUT2D eigenvalue weighted by atomic mass is 32.2. The van der Waals surface area contributed by atoms with Gasteiger partial charge in [-0.2, -0.15) is 11.8 Å². The number of halogens is 1. The molecule has 11 heavy (non-hydrogen) atoms. The standard InChI is InChI=1S/C8H16FNS/c9-3-1-8-6-11-4-2-7(8)5-10/h7-8H,1-6,10H2. The summed E-state index contributed by atoms with van der Waals surface area (Å²) < 4.78 is 12.0. The van der Waals surface area contributed by atoms with Gasteiger partial charge in [0.2, 0.25) is 0 Å². The summed E-state index contributed by atoms with van der Waals surface area (Å²) in [4.78, 5) is 0. The molecular weight excluding hydrogens is 161 g/mol. The highest BCUT2D eigenvalue weighted by Gasteiger charge is 2.23. The molecular formula is C8H16FNS. The van der Waals surface area contributed by atoms with Crippen LogP contribution in [0.2, 0.25) is 0 Å². The lowest BCUT2D eigenvalue weighted by Crippen LogP contribution is -2.29. The molecule has 0 saturated carbocycles. The molecule has 0 amide bonds. The minimum atomic E-state index is -0.179. The van der Waals surface area contributed by atoms with Gasteiger partial charge in [0.25, 0.3) is 0 Å². The van der Waals surface area contributed by atoms with E-state index in [0.29, 0.717) is 11.8 Å². The topological polar surface area (TPSA) is 26.0 Å². The second-order valence-electron chi connectivity index (χ2n) is 3.10. The molecule has 66 valence electrons. The van der Waals surface area contributed by atoms with Gasteiger partial charge in [-0.05, 0) is 42.7 Å². The Balaban J connectivity index is 2.31. The maximum Gasteiger partial charge on any atom is 0.0897 e. The first kappa shape index (κ1) is 9.33. The van der Waals surface area contributed by atoms with E-state index in [1.54, 1.807) is 0 Å². The molecule has 0 bridgehead atoms. The van der Waals surface area contributed by atoms with Gasteiger partial charge < -0.3 is 5.73 Å². The highest BCUT2D eigenvalue weighted by Crippen LogP contribution is 2.30. The molecule has 0 radical (unpaired) electrons. The van der Waals surface area contributed by atoms with Crippen molar-refractivity contribution in [2.45, 2.75) is 12.8 Å². The molecule has 0 aliphatic carbocycles. The van der Waals surface area contributed by atoms with Crippen LogP contribution in [-0.2, 0) is 0 Å². The van der Waals surface area contributed by atoms with Crippen molar-refractivity contribution in [2.24, 2.45) is 17.6 Å². The van der Waals surface area contributed by atoms with Gasteiger partial charge in [-0.25, -0.2) is 0 Å². The molecule has 2 atom stereocenters. The van der Waals surface area contributed by atoms with Crippen LogP contribution >= 0.6 is 11.8 Å². The Hall–Kier alpha value is 0.240. The maximum atomic E-state index is 12.0. The van der Waals surface area contributed by atoms with Crippen molar-refractivity contribution >= 4 is 11.8 Å². The molecule has 1 fully saturated rings. The lowest BCUT2D eigenvalue weighted by Gasteiger charge is -2.29. The fraction of sp³-hybridized carbons (Fsp3) is 1.00. The van der Waals surface area contributed by atoms with Gasteiger partial charge in [0.1, 0.15) is 0 Å². The monoisotopic (exact) mass is 177 g/mol. The van der Waals surface area contributed by atoms with E-state index in [1.165, 1.54) is 12.2 Å². The summed E-state index contributed by atoms with van der Waals surface area (Å²) in [6.45, 7) is 0.562. The molecule has 1 nitrogen and oxygen atoms in total. The first-order valence-corrected chi connectivity index (χ1v) is 5.37. The summed E-state index contributed by atoms with van der Waals surface area (Å²) in [5.74, 6) is 3.46. The Bertz CT molecular complexity index is 108. The van der Waals surface area contributed by atoms with E-state index in [0.717, 1.165) is 18.7 Å². The Morgan fingerprint density at radius 2 is 2.27 bits per heavy atom. The second-order valence-corrected chi connectivity index (χ2v) is 4.25. The first-order chi connectivity index (χ1) is 5.38. The Morgan fingerprint density at radius 3 is 2.91 bits per heavy atom. The van der Waals surface area contributed by atoms with Crippen LogP contribution in [0, 0.1) is 11.8 Å². The minimum Gasteiger partial charge on any atom is -0.330 e. The number of thioether (sulfide) groups is 1. The van der Waals surface area contributed by atoms with Crippen molar-refractivity contribution < 1.29 is 4.39 Å². The Labute approximate surface area is 71.9 Å². The molecule has 2 N–H and O–H groups in total. The number of hydrogen-bond acceptors (Lipinski definition) is 2. The molecule has 1 rings (SSSR count). The van der Waals surface area contributed by atoms with E-state index < -0.39 is 0 Å². The molecule has 0 aromatic rings. The van der Waals surface area contributed by atoms with Gasteiger partial charge in [0.15, 0.2) is 0 Å². The molecule has 2 unspecified atom stereocenters. The smallest absolute Gasteiger partial charge is 0.0897 e. The average molecular weight is 177 g/mol. The molecule has 1 aliphatic heterocycles. The lowest BCUT2D eigenvalue weighted by atomic mass is 9.89. The summed E-state index contributed by atoms with van der Waals surface area (Å²) in [6.07, 6.45) is 1.90. The van der Waals surface area contributed by atoms with Crippen molar-refractivity contribution in [2.75, 3.05) is 24.7 Å². The SMILES string of the molecule is NCC1CCSCC1CCF. The molecule has 1 heterocycles. The fourth-order valence-electron chi connectivity index (χ4n) is 1.61. The average Bonchev–Trinajstić information content (AvgIpc) is 2.06. The molecule has 1 saturated heterocycles. The molecule has 1 aliphatic rings. The van der Waals surface area contributed by atoms with Gasteiger partial charge in [-0.15, -0.1) is 0 Å². The van der Waals surface area contributed by atoms with E-state index in [2.05, 4.69) is 0 Å². The number of nitrogens with two attached hydrogens (primary N) is 1. The molecule has 0 aromatic carbocycles. The third-order valence-corrected chi connectivity index (χ3v) is 3.60. The zero-order valence-electron chi connectivity index (χ0n) is 6.76. The predicted octanol–water partition coefficient (Wildman–Crippen LogP) is 1.67. The third-order valence-electron chi connectivity index (χ3n) is 2.41. The highest BCUT2D eigenvalue weighted by molar-refractivity contribution is 7.99.